The lowest BCUT2D eigenvalue weighted by Gasteiger charge is -2.32. The van der Waals surface area contributed by atoms with Crippen LogP contribution >= 0.6 is 7.92 Å². The topological polar surface area (TPSA) is 9.23 Å². The first-order valence-corrected chi connectivity index (χ1v) is 8.00. The van der Waals surface area contributed by atoms with Crippen molar-refractivity contribution in [1.29, 1.82) is 0 Å². The summed E-state index contributed by atoms with van der Waals surface area (Å²) >= 11 is 0. The molecule has 0 fully saturated rings. The second kappa shape index (κ2) is 7.71. The third kappa shape index (κ3) is 5.08. The molecular formula is C15H27OP. The molecule has 0 radical (unpaired) electrons. The molecule has 0 saturated heterocycles. The molecule has 0 aromatic carbocycles. The molecular weight excluding hydrogens is 227 g/mol. The van der Waals surface area contributed by atoms with Gasteiger partial charge in [0.05, 0.1) is 7.11 Å². The highest BCUT2D eigenvalue weighted by Crippen LogP contribution is 2.55. The summed E-state index contributed by atoms with van der Waals surface area (Å²) in [7, 11) is 1.54. The van der Waals surface area contributed by atoms with Crippen LogP contribution < -0.4 is 0 Å². The van der Waals surface area contributed by atoms with Crippen molar-refractivity contribution < 1.29 is 4.74 Å². The van der Waals surface area contributed by atoms with Crippen LogP contribution in [0.5, 0.6) is 0 Å². The van der Waals surface area contributed by atoms with Crippen LogP contribution in [0.3, 0.4) is 0 Å². The molecule has 98 valence electrons. The van der Waals surface area contributed by atoms with Gasteiger partial charge in [0.2, 0.25) is 0 Å². The van der Waals surface area contributed by atoms with E-state index in [1.807, 2.05) is 13.0 Å². The van der Waals surface area contributed by atoms with Crippen LogP contribution in [-0.2, 0) is 4.74 Å². The number of allylic oxidation sites excluding steroid dienone is 5. The quantitative estimate of drug-likeness (QED) is 0.355. The number of methoxy groups -OCH3 is 1. The van der Waals surface area contributed by atoms with Crippen molar-refractivity contribution in [3.8, 4) is 0 Å². The van der Waals surface area contributed by atoms with Crippen molar-refractivity contribution in [2.24, 2.45) is 0 Å². The van der Waals surface area contributed by atoms with Crippen LogP contribution in [0.15, 0.2) is 35.4 Å². The number of hydrogen-bond acceptors (Lipinski definition) is 1. The van der Waals surface area contributed by atoms with Crippen LogP contribution in [0.4, 0.5) is 0 Å². The van der Waals surface area contributed by atoms with Crippen LogP contribution in [-0.4, -0.2) is 18.9 Å². The van der Waals surface area contributed by atoms with E-state index in [0.717, 1.165) is 5.76 Å². The molecule has 0 aliphatic heterocycles. The van der Waals surface area contributed by atoms with Gasteiger partial charge >= 0.3 is 0 Å². The Hall–Kier alpha value is -0.550. The minimum absolute atomic E-state index is 0.184. The third-order valence-corrected chi connectivity index (χ3v) is 6.49. The van der Waals surface area contributed by atoms with E-state index in [1.165, 1.54) is 11.7 Å². The fourth-order valence-electron chi connectivity index (χ4n) is 1.42. The molecule has 2 heteroatoms. The first kappa shape index (κ1) is 16.4. The van der Waals surface area contributed by atoms with Crippen LogP contribution in [0.2, 0.25) is 0 Å². The maximum atomic E-state index is 5.33. The van der Waals surface area contributed by atoms with E-state index in [-0.39, 0.29) is 7.92 Å². The monoisotopic (exact) mass is 254 g/mol. The van der Waals surface area contributed by atoms with Crippen LogP contribution in [0.1, 0.15) is 41.0 Å². The van der Waals surface area contributed by atoms with Gasteiger partial charge in [0.1, 0.15) is 5.76 Å². The highest BCUT2D eigenvalue weighted by molar-refractivity contribution is 7.63. The van der Waals surface area contributed by atoms with E-state index in [9.17, 15) is 0 Å². The number of rotatable bonds is 6. The van der Waals surface area contributed by atoms with E-state index in [2.05, 4.69) is 52.6 Å². The van der Waals surface area contributed by atoms with Crippen molar-refractivity contribution in [1.82, 2.24) is 0 Å². The van der Waals surface area contributed by atoms with E-state index >= 15 is 0 Å². The maximum Gasteiger partial charge on any atom is 0.115 e. The van der Waals surface area contributed by atoms with Gasteiger partial charge in [-0.1, -0.05) is 40.8 Å². The van der Waals surface area contributed by atoms with Gasteiger partial charge in [-0.25, -0.2) is 0 Å². The second-order valence-electron chi connectivity index (χ2n) is 4.69. The highest BCUT2D eigenvalue weighted by atomic mass is 31.1. The summed E-state index contributed by atoms with van der Waals surface area (Å²) in [5.41, 5.74) is 0. The summed E-state index contributed by atoms with van der Waals surface area (Å²) in [5, 5.41) is 1.76. The lowest BCUT2D eigenvalue weighted by Crippen LogP contribution is -2.15. The fraction of sp³-hybridized carbons (Fsp3) is 0.600. The zero-order valence-corrected chi connectivity index (χ0v) is 13.3. The number of hydrogen-bond donors (Lipinski definition) is 0. The Morgan fingerprint density at radius 1 is 1.29 bits per heavy atom. The van der Waals surface area contributed by atoms with Gasteiger partial charge in [-0.05, 0) is 49.6 Å². The molecule has 0 rings (SSSR count). The molecule has 1 atom stereocenters. The lowest BCUT2D eigenvalue weighted by molar-refractivity contribution is 0.306. The summed E-state index contributed by atoms with van der Waals surface area (Å²) in [4.78, 5) is 0. The molecule has 0 amide bonds. The SMILES string of the molecule is C\C=C/C(=C\C(=C/C)OC)P(C)C(C)(C)CC. The summed E-state index contributed by atoms with van der Waals surface area (Å²) in [6.07, 6.45) is 9.70. The highest BCUT2D eigenvalue weighted by Gasteiger charge is 2.25. The summed E-state index contributed by atoms with van der Waals surface area (Å²) in [6.45, 7) is 13.4. The molecule has 1 unspecified atom stereocenters. The molecule has 0 bridgehead atoms. The van der Waals surface area contributed by atoms with E-state index in [1.54, 1.807) is 7.11 Å². The summed E-state index contributed by atoms with van der Waals surface area (Å²) < 4.78 is 5.33. The van der Waals surface area contributed by atoms with Gasteiger partial charge in [0, 0.05) is 0 Å². The first-order chi connectivity index (χ1) is 7.92. The zero-order chi connectivity index (χ0) is 13.5. The fourth-order valence-corrected chi connectivity index (χ4v) is 3.29. The molecule has 0 heterocycles. The molecule has 0 spiro atoms. The van der Waals surface area contributed by atoms with Crippen LogP contribution in [0.25, 0.3) is 0 Å². The predicted molar refractivity (Wildman–Crippen MR) is 80.9 cm³/mol. The van der Waals surface area contributed by atoms with Crippen molar-refractivity contribution in [2.75, 3.05) is 13.8 Å². The molecule has 0 aliphatic carbocycles. The Balaban J connectivity index is 5.25. The van der Waals surface area contributed by atoms with Crippen molar-refractivity contribution in [3.05, 3.63) is 35.4 Å². The Kier molecular flexibility index (Phi) is 7.46. The van der Waals surface area contributed by atoms with Crippen molar-refractivity contribution in [3.63, 3.8) is 0 Å². The van der Waals surface area contributed by atoms with Crippen molar-refractivity contribution in [2.45, 2.75) is 46.2 Å². The standard InChI is InChI=1S/C15H27OP/c1-8-11-14(12-13(9-2)16-6)17(7)15(4,5)10-3/h8-9,11-12H,10H2,1-7H3/b11-8-,13-9+,14-12+. The van der Waals surface area contributed by atoms with Gasteiger partial charge in [0.25, 0.3) is 0 Å². The van der Waals surface area contributed by atoms with Gasteiger partial charge in [-0.2, -0.15) is 0 Å². The molecule has 0 N–H and O–H groups in total. The van der Waals surface area contributed by atoms with Gasteiger partial charge in [-0.3, -0.25) is 0 Å². The maximum absolute atomic E-state index is 5.33. The summed E-state index contributed by atoms with van der Waals surface area (Å²) in [6, 6.07) is 0. The van der Waals surface area contributed by atoms with E-state index in [0.29, 0.717) is 5.16 Å². The molecule has 0 saturated carbocycles. The Bertz CT molecular complexity index is 311. The molecule has 1 nitrogen and oxygen atoms in total. The predicted octanol–water partition coefficient (Wildman–Crippen LogP) is 5.30. The van der Waals surface area contributed by atoms with Crippen molar-refractivity contribution >= 4 is 7.92 Å². The minimum atomic E-state index is -0.184. The Morgan fingerprint density at radius 2 is 1.88 bits per heavy atom. The zero-order valence-electron chi connectivity index (χ0n) is 12.4. The summed E-state index contributed by atoms with van der Waals surface area (Å²) in [5.74, 6) is 0.944. The van der Waals surface area contributed by atoms with Crippen LogP contribution in [0, 0.1) is 0 Å². The number of ether oxygens (including phenoxy) is 1. The first-order valence-electron chi connectivity index (χ1n) is 6.21. The van der Waals surface area contributed by atoms with Gasteiger partial charge in [0.15, 0.2) is 0 Å². The molecule has 0 aromatic heterocycles. The molecule has 17 heavy (non-hydrogen) atoms. The minimum Gasteiger partial charge on any atom is -0.497 e. The normalized spacial score (nSPS) is 16.4. The molecule has 0 aromatic rings. The largest absolute Gasteiger partial charge is 0.497 e. The average molecular weight is 254 g/mol. The lowest BCUT2D eigenvalue weighted by atomic mass is 10.1. The molecule has 0 aliphatic rings. The van der Waals surface area contributed by atoms with E-state index in [4.69, 9.17) is 4.74 Å². The smallest absolute Gasteiger partial charge is 0.115 e. The second-order valence-corrected chi connectivity index (χ2v) is 7.53. The average Bonchev–Trinajstić information content (AvgIpc) is 2.33. The Morgan fingerprint density at radius 3 is 2.24 bits per heavy atom. The van der Waals surface area contributed by atoms with Gasteiger partial charge < -0.3 is 4.74 Å². The third-order valence-electron chi connectivity index (χ3n) is 3.31. The Labute approximate surface area is 108 Å². The van der Waals surface area contributed by atoms with E-state index < -0.39 is 0 Å². The van der Waals surface area contributed by atoms with Gasteiger partial charge in [-0.15, -0.1) is 0 Å².